The summed E-state index contributed by atoms with van der Waals surface area (Å²) in [7, 11) is 0. The van der Waals surface area contributed by atoms with E-state index in [1.807, 2.05) is 0 Å². The van der Waals surface area contributed by atoms with Gasteiger partial charge in [0.25, 0.3) is 0 Å². The number of hydrogen-bond acceptors (Lipinski definition) is 12. The van der Waals surface area contributed by atoms with E-state index in [4.69, 9.17) is 14.2 Å². The molecule has 0 saturated heterocycles. The molecule has 12 nitrogen and oxygen atoms in total. The molecule has 3 aliphatic rings. The van der Waals surface area contributed by atoms with Gasteiger partial charge in [-0.05, 0) is 35.9 Å². The predicted octanol–water partition coefficient (Wildman–Crippen LogP) is 2.79. The summed E-state index contributed by atoms with van der Waals surface area (Å²) in [5.41, 5.74) is 0.722. The van der Waals surface area contributed by atoms with Crippen LogP contribution < -0.4 is 14.2 Å². The maximum absolute atomic E-state index is 11.8. The van der Waals surface area contributed by atoms with E-state index >= 15 is 0 Å². The normalized spacial score (nSPS) is 25.2. The Morgan fingerprint density at radius 2 is 1.31 bits per heavy atom. The van der Waals surface area contributed by atoms with E-state index in [1.165, 1.54) is 42.5 Å². The van der Waals surface area contributed by atoms with Crippen LogP contribution >= 0.6 is 0 Å². The summed E-state index contributed by atoms with van der Waals surface area (Å²) >= 11 is 0. The molecule has 0 aromatic heterocycles. The zero-order valence-electron chi connectivity index (χ0n) is 21.5. The minimum atomic E-state index is -2.09. The van der Waals surface area contributed by atoms with Crippen molar-refractivity contribution in [3.05, 3.63) is 82.4 Å². The molecular formula is C30H24O12. The maximum Gasteiger partial charge on any atom is 0.305 e. The van der Waals surface area contributed by atoms with Gasteiger partial charge in [-0.15, -0.1) is 0 Å². The first-order valence-electron chi connectivity index (χ1n) is 12.9. The quantitative estimate of drug-likeness (QED) is 0.158. The summed E-state index contributed by atoms with van der Waals surface area (Å²) in [5.74, 6) is -6.12. The molecule has 4 aromatic carbocycles. The number of rotatable bonds is 2. The van der Waals surface area contributed by atoms with E-state index in [0.717, 1.165) is 12.1 Å². The Morgan fingerprint density at radius 3 is 2.00 bits per heavy atom. The van der Waals surface area contributed by atoms with Gasteiger partial charge in [-0.25, -0.2) is 0 Å². The molecule has 42 heavy (non-hydrogen) atoms. The largest absolute Gasteiger partial charge is 0.508 e. The molecule has 4 aromatic rings. The van der Waals surface area contributed by atoms with Crippen molar-refractivity contribution < 1.29 is 60.2 Å². The molecule has 0 unspecified atom stereocenters. The molecule has 0 aliphatic carbocycles. The number of hydrogen-bond donors (Lipinski definition) is 9. The van der Waals surface area contributed by atoms with Crippen molar-refractivity contribution in [3.63, 3.8) is 0 Å². The summed E-state index contributed by atoms with van der Waals surface area (Å²) in [6, 6.07) is 11.3. The van der Waals surface area contributed by atoms with Crippen molar-refractivity contribution in [2.24, 2.45) is 0 Å². The highest BCUT2D eigenvalue weighted by Crippen LogP contribution is 2.61. The molecule has 0 radical (unpaired) electrons. The summed E-state index contributed by atoms with van der Waals surface area (Å²) in [5, 5.41) is 95.1. The van der Waals surface area contributed by atoms with Gasteiger partial charge in [0.15, 0.2) is 23.0 Å². The van der Waals surface area contributed by atoms with Gasteiger partial charge in [-0.3, -0.25) is 0 Å². The minimum Gasteiger partial charge on any atom is -0.508 e. The first kappa shape index (κ1) is 25.7. The lowest BCUT2D eigenvalue weighted by Crippen LogP contribution is -2.57. The second-order valence-electron chi connectivity index (χ2n) is 10.5. The number of aromatic hydroxyl groups is 7. The number of aliphatic hydroxyl groups is 2. The Balaban J connectivity index is 1.43. The topological polar surface area (TPSA) is 210 Å². The average Bonchev–Trinajstić information content (AvgIpc) is 2.92. The zero-order chi connectivity index (χ0) is 29.7. The predicted molar refractivity (Wildman–Crippen MR) is 141 cm³/mol. The smallest absolute Gasteiger partial charge is 0.305 e. The minimum absolute atomic E-state index is 0.0177. The zero-order valence-corrected chi connectivity index (χ0v) is 21.5. The lowest BCUT2D eigenvalue weighted by molar-refractivity contribution is -0.218. The lowest BCUT2D eigenvalue weighted by Gasteiger charge is -2.50. The monoisotopic (exact) mass is 576 g/mol. The molecule has 7 rings (SSSR count). The Morgan fingerprint density at radius 1 is 0.643 bits per heavy atom. The molecule has 216 valence electrons. The second-order valence-corrected chi connectivity index (χ2v) is 10.5. The number of phenolic OH excluding ortho intramolecular Hbond substituents is 7. The van der Waals surface area contributed by atoms with Gasteiger partial charge in [0, 0.05) is 46.9 Å². The third-order valence-corrected chi connectivity index (χ3v) is 8.04. The Bertz CT molecular complexity index is 1790. The van der Waals surface area contributed by atoms with Crippen LogP contribution in [0.25, 0.3) is 0 Å². The van der Waals surface area contributed by atoms with Crippen LogP contribution in [0.3, 0.4) is 0 Å². The van der Waals surface area contributed by atoms with Gasteiger partial charge >= 0.3 is 5.79 Å². The molecule has 0 fully saturated rings. The fourth-order valence-electron chi connectivity index (χ4n) is 6.08. The third kappa shape index (κ3) is 3.49. The van der Waals surface area contributed by atoms with Gasteiger partial charge in [-0.1, -0.05) is 6.07 Å². The van der Waals surface area contributed by atoms with Crippen LogP contribution in [0.2, 0.25) is 0 Å². The Hall–Kier alpha value is -5.20. The van der Waals surface area contributed by atoms with Crippen molar-refractivity contribution in [1.82, 2.24) is 0 Å². The van der Waals surface area contributed by atoms with Crippen LogP contribution in [0.5, 0.6) is 57.5 Å². The Labute approximate surface area is 236 Å². The number of ether oxygens (including phenoxy) is 3. The van der Waals surface area contributed by atoms with Gasteiger partial charge in [-0.2, -0.15) is 0 Å². The average molecular weight is 577 g/mol. The summed E-state index contributed by atoms with van der Waals surface area (Å²) in [4.78, 5) is 0. The van der Waals surface area contributed by atoms with Crippen molar-refractivity contribution in [2.45, 2.75) is 36.4 Å². The van der Waals surface area contributed by atoms with Crippen molar-refractivity contribution >= 4 is 0 Å². The van der Waals surface area contributed by atoms with Crippen molar-refractivity contribution in [3.8, 4) is 57.5 Å². The van der Waals surface area contributed by atoms with Crippen LogP contribution in [0.4, 0.5) is 0 Å². The molecule has 5 atom stereocenters. The van der Waals surface area contributed by atoms with E-state index in [1.54, 1.807) is 0 Å². The number of aliphatic hydroxyl groups excluding tert-OH is 2. The van der Waals surface area contributed by atoms with Crippen molar-refractivity contribution in [2.75, 3.05) is 0 Å². The first-order chi connectivity index (χ1) is 20.0. The number of phenols is 7. The summed E-state index contributed by atoms with van der Waals surface area (Å²) < 4.78 is 18.4. The van der Waals surface area contributed by atoms with Crippen LogP contribution in [0.1, 0.15) is 39.8 Å². The molecule has 9 N–H and O–H groups in total. The fraction of sp³-hybridized carbons (Fsp3) is 0.200. The highest BCUT2D eigenvalue weighted by molar-refractivity contribution is 5.67. The van der Waals surface area contributed by atoms with Crippen molar-refractivity contribution in [1.29, 1.82) is 0 Å². The molecule has 0 amide bonds. The SMILES string of the molecule is Oc1cc(O)c2c(c1)O[C@@]1(c3ccc(O)c(O)c3)Oc3cc4c(c(O)c3[C@@H]2[C@H]1O)C[C@@H](O)[C@H](c1ccc(O)c(O)c1)O4. The molecule has 12 heteroatoms. The van der Waals surface area contributed by atoms with E-state index < -0.39 is 53.0 Å². The van der Waals surface area contributed by atoms with Gasteiger partial charge in [0.2, 0.25) is 0 Å². The molecule has 3 heterocycles. The lowest BCUT2D eigenvalue weighted by atomic mass is 9.74. The van der Waals surface area contributed by atoms with Gasteiger partial charge < -0.3 is 60.2 Å². The molecular weight excluding hydrogens is 552 g/mol. The molecule has 0 spiro atoms. The van der Waals surface area contributed by atoms with Gasteiger partial charge in [0.05, 0.1) is 12.0 Å². The van der Waals surface area contributed by atoms with E-state index in [-0.39, 0.29) is 63.2 Å². The summed E-state index contributed by atoms with van der Waals surface area (Å²) in [6.07, 6.45) is -3.93. The number of benzene rings is 4. The van der Waals surface area contributed by atoms with E-state index in [0.29, 0.717) is 5.56 Å². The van der Waals surface area contributed by atoms with E-state index in [9.17, 15) is 46.0 Å². The van der Waals surface area contributed by atoms with Crippen LogP contribution in [0.15, 0.2) is 54.6 Å². The highest BCUT2D eigenvalue weighted by Gasteiger charge is 2.59. The Kier molecular flexibility index (Phi) is 5.30. The highest BCUT2D eigenvalue weighted by atomic mass is 16.7. The molecule has 2 bridgehead atoms. The number of fused-ring (bicyclic) bond motifs is 7. The van der Waals surface area contributed by atoms with Crippen LogP contribution in [-0.4, -0.2) is 58.2 Å². The third-order valence-electron chi connectivity index (χ3n) is 8.04. The maximum atomic E-state index is 11.8. The van der Waals surface area contributed by atoms with Gasteiger partial charge in [0.1, 0.15) is 46.7 Å². The summed E-state index contributed by atoms with van der Waals surface area (Å²) in [6.45, 7) is 0. The fourth-order valence-corrected chi connectivity index (χ4v) is 6.08. The first-order valence-corrected chi connectivity index (χ1v) is 12.9. The van der Waals surface area contributed by atoms with Crippen LogP contribution in [0, 0.1) is 0 Å². The molecule has 3 aliphatic heterocycles. The second kappa shape index (κ2) is 8.65. The van der Waals surface area contributed by atoms with Crippen LogP contribution in [-0.2, 0) is 12.2 Å². The molecule has 0 saturated carbocycles. The standard InChI is InChI=1S/C30H24O12/c31-13-7-19(36)24-22(8-13)41-30(12-2-4-16(33)18(35)6-12)29(39)26(24)25-23(42-30)10-21-14(27(25)38)9-20(37)28(40-21)11-1-3-15(32)17(34)5-11/h1-8,10,20,26,28-29,31-39H,9H2/t20-,26-,28+,29-,30+/m1/s1. The van der Waals surface area contributed by atoms with E-state index in [2.05, 4.69) is 0 Å².